The van der Waals surface area contributed by atoms with Gasteiger partial charge in [0.1, 0.15) is 0 Å². The van der Waals surface area contributed by atoms with Crippen LogP contribution in [0.4, 0.5) is 0 Å². The van der Waals surface area contributed by atoms with Crippen LogP contribution in [0.1, 0.15) is 15.9 Å². The van der Waals surface area contributed by atoms with E-state index >= 15 is 0 Å². The summed E-state index contributed by atoms with van der Waals surface area (Å²) in [5.74, 6) is 1.04. The van der Waals surface area contributed by atoms with Gasteiger partial charge >= 0.3 is 0 Å². The van der Waals surface area contributed by atoms with Gasteiger partial charge in [0.05, 0.1) is 31.4 Å². The van der Waals surface area contributed by atoms with E-state index in [1.165, 1.54) is 21.3 Å². The molecule has 0 aliphatic rings. The van der Waals surface area contributed by atoms with Crippen LogP contribution in [-0.4, -0.2) is 27.2 Å². The van der Waals surface area contributed by atoms with Crippen molar-refractivity contribution in [2.45, 2.75) is 6.54 Å². The summed E-state index contributed by atoms with van der Waals surface area (Å²) >= 11 is 3.40. The minimum absolute atomic E-state index is 0.236. The number of rotatable bonds is 6. The first kappa shape index (κ1) is 17.1. The van der Waals surface area contributed by atoms with Crippen molar-refractivity contribution in [1.29, 1.82) is 0 Å². The first-order valence-corrected chi connectivity index (χ1v) is 7.72. The van der Waals surface area contributed by atoms with Gasteiger partial charge in [-0.05, 0) is 27.6 Å². The molecular weight excluding hydrogens is 362 g/mol. The molecule has 0 saturated heterocycles. The molecular formula is C17H18BrNO4. The highest BCUT2D eigenvalue weighted by molar-refractivity contribution is 9.10. The minimum atomic E-state index is -0.236. The molecule has 2 rings (SSSR count). The number of nitrogens with one attached hydrogen (secondary N) is 1. The number of hydrogen-bond donors (Lipinski definition) is 1. The zero-order valence-electron chi connectivity index (χ0n) is 13.2. The second-order valence-corrected chi connectivity index (χ2v) is 5.47. The van der Waals surface area contributed by atoms with E-state index in [1.807, 2.05) is 30.3 Å². The summed E-state index contributed by atoms with van der Waals surface area (Å²) in [6.45, 7) is 0.433. The van der Waals surface area contributed by atoms with E-state index in [-0.39, 0.29) is 5.91 Å². The molecule has 5 nitrogen and oxygen atoms in total. The van der Waals surface area contributed by atoms with Gasteiger partial charge in [0, 0.05) is 6.54 Å². The van der Waals surface area contributed by atoms with Gasteiger partial charge in [0.2, 0.25) is 5.75 Å². The zero-order valence-corrected chi connectivity index (χ0v) is 14.8. The number of benzene rings is 2. The number of halogens is 1. The molecule has 0 spiro atoms. The Morgan fingerprint density at radius 3 is 2.26 bits per heavy atom. The van der Waals surface area contributed by atoms with Crippen LogP contribution in [0.5, 0.6) is 17.2 Å². The molecule has 1 amide bonds. The Hall–Kier alpha value is -2.21. The standard InChI is InChI=1S/C17H18BrNO4/c1-21-13-9-12(14(18)16(23-3)15(13)22-2)17(20)19-10-11-7-5-4-6-8-11/h4-9H,10H2,1-3H3,(H,19,20). The van der Waals surface area contributed by atoms with E-state index in [2.05, 4.69) is 21.2 Å². The molecule has 1 N–H and O–H groups in total. The number of ether oxygens (including phenoxy) is 3. The molecule has 6 heteroatoms. The third-order valence-corrected chi connectivity index (χ3v) is 4.10. The topological polar surface area (TPSA) is 56.8 Å². The van der Waals surface area contributed by atoms with Crippen molar-refractivity contribution < 1.29 is 19.0 Å². The second-order valence-electron chi connectivity index (χ2n) is 4.68. The van der Waals surface area contributed by atoms with Crippen LogP contribution >= 0.6 is 15.9 Å². The Kier molecular flexibility index (Phi) is 5.87. The number of carbonyl (C=O) groups excluding carboxylic acids is 1. The van der Waals surface area contributed by atoms with E-state index in [9.17, 15) is 4.79 Å². The van der Waals surface area contributed by atoms with Gasteiger partial charge in [0.25, 0.3) is 5.91 Å². The van der Waals surface area contributed by atoms with Crippen LogP contribution in [0.3, 0.4) is 0 Å². The van der Waals surface area contributed by atoms with Crippen molar-refractivity contribution in [3.63, 3.8) is 0 Å². The molecule has 122 valence electrons. The molecule has 23 heavy (non-hydrogen) atoms. The van der Waals surface area contributed by atoms with E-state index in [0.717, 1.165) is 5.56 Å². The van der Waals surface area contributed by atoms with Crippen molar-refractivity contribution in [2.24, 2.45) is 0 Å². The first-order chi connectivity index (χ1) is 11.1. The Bertz CT molecular complexity index is 689. The van der Waals surface area contributed by atoms with Crippen LogP contribution in [0, 0.1) is 0 Å². The SMILES string of the molecule is COc1cc(C(=O)NCc2ccccc2)c(Br)c(OC)c1OC. The van der Waals surface area contributed by atoms with Crippen LogP contribution in [0.2, 0.25) is 0 Å². The van der Waals surface area contributed by atoms with E-state index < -0.39 is 0 Å². The summed E-state index contributed by atoms with van der Waals surface area (Å²) < 4.78 is 16.4. The van der Waals surface area contributed by atoms with Crippen LogP contribution in [-0.2, 0) is 6.54 Å². The second kappa shape index (κ2) is 7.87. The third-order valence-electron chi connectivity index (χ3n) is 3.31. The first-order valence-electron chi connectivity index (χ1n) is 6.93. The van der Waals surface area contributed by atoms with Crippen molar-refractivity contribution in [1.82, 2.24) is 5.32 Å². The van der Waals surface area contributed by atoms with E-state index in [1.54, 1.807) is 6.07 Å². The number of amides is 1. The molecule has 0 radical (unpaired) electrons. The summed E-state index contributed by atoms with van der Waals surface area (Å²) in [5.41, 5.74) is 1.43. The minimum Gasteiger partial charge on any atom is -0.493 e. The molecule has 0 aliphatic carbocycles. The fourth-order valence-electron chi connectivity index (χ4n) is 2.16. The zero-order chi connectivity index (χ0) is 16.8. The summed E-state index contributed by atoms with van der Waals surface area (Å²) in [4.78, 5) is 12.5. The lowest BCUT2D eigenvalue weighted by atomic mass is 10.1. The Balaban J connectivity index is 2.29. The Morgan fingerprint density at radius 2 is 1.70 bits per heavy atom. The maximum atomic E-state index is 12.5. The van der Waals surface area contributed by atoms with Gasteiger partial charge < -0.3 is 19.5 Å². The van der Waals surface area contributed by atoms with Gasteiger partial charge in [-0.2, -0.15) is 0 Å². The highest BCUT2D eigenvalue weighted by atomic mass is 79.9. The highest BCUT2D eigenvalue weighted by Crippen LogP contribution is 2.44. The van der Waals surface area contributed by atoms with Gasteiger partial charge in [0.15, 0.2) is 11.5 Å². The predicted molar refractivity (Wildman–Crippen MR) is 91.4 cm³/mol. The summed E-state index contributed by atoms with van der Waals surface area (Å²) in [7, 11) is 4.53. The largest absolute Gasteiger partial charge is 0.493 e. The fourth-order valence-corrected chi connectivity index (χ4v) is 2.80. The predicted octanol–water partition coefficient (Wildman–Crippen LogP) is 3.40. The molecule has 0 bridgehead atoms. The fraction of sp³-hybridized carbons (Fsp3) is 0.235. The maximum Gasteiger partial charge on any atom is 0.252 e. The molecule has 0 saturated carbocycles. The lowest BCUT2D eigenvalue weighted by molar-refractivity contribution is 0.0949. The van der Waals surface area contributed by atoms with Gasteiger partial charge in [-0.1, -0.05) is 30.3 Å². The van der Waals surface area contributed by atoms with Crippen molar-refractivity contribution in [3.8, 4) is 17.2 Å². The van der Waals surface area contributed by atoms with E-state index in [0.29, 0.717) is 33.8 Å². The van der Waals surface area contributed by atoms with Crippen molar-refractivity contribution in [3.05, 3.63) is 52.0 Å². The van der Waals surface area contributed by atoms with Crippen LogP contribution < -0.4 is 19.5 Å². The lowest BCUT2D eigenvalue weighted by Crippen LogP contribution is -2.23. The Morgan fingerprint density at radius 1 is 1.04 bits per heavy atom. The van der Waals surface area contributed by atoms with Crippen LogP contribution in [0.15, 0.2) is 40.9 Å². The van der Waals surface area contributed by atoms with Crippen molar-refractivity contribution in [2.75, 3.05) is 21.3 Å². The Labute approximate surface area is 143 Å². The average Bonchev–Trinajstić information content (AvgIpc) is 2.59. The number of hydrogen-bond acceptors (Lipinski definition) is 4. The monoisotopic (exact) mass is 379 g/mol. The normalized spacial score (nSPS) is 10.1. The maximum absolute atomic E-state index is 12.5. The van der Waals surface area contributed by atoms with Crippen molar-refractivity contribution >= 4 is 21.8 Å². The van der Waals surface area contributed by atoms with Gasteiger partial charge in [-0.3, -0.25) is 4.79 Å². The molecule has 2 aromatic carbocycles. The van der Waals surface area contributed by atoms with E-state index in [4.69, 9.17) is 14.2 Å². The quantitative estimate of drug-likeness (QED) is 0.835. The summed E-state index contributed by atoms with van der Waals surface area (Å²) in [5, 5.41) is 2.88. The van der Waals surface area contributed by atoms with Crippen LogP contribution in [0.25, 0.3) is 0 Å². The average molecular weight is 380 g/mol. The number of carbonyl (C=O) groups is 1. The molecule has 0 aliphatic heterocycles. The highest BCUT2D eigenvalue weighted by Gasteiger charge is 2.22. The molecule has 2 aromatic rings. The smallest absolute Gasteiger partial charge is 0.252 e. The summed E-state index contributed by atoms with van der Waals surface area (Å²) in [6.07, 6.45) is 0. The third kappa shape index (κ3) is 3.76. The molecule has 0 heterocycles. The molecule has 0 aromatic heterocycles. The lowest BCUT2D eigenvalue weighted by Gasteiger charge is -2.16. The molecule has 0 atom stereocenters. The molecule has 0 fully saturated rings. The van der Waals surface area contributed by atoms with Gasteiger partial charge in [-0.15, -0.1) is 0 Å². The number of methoxy groups -OCH3 is 3. The molecule has 0 unspecified atom stereocenters. The van der Waals surface area contributed by atoms with Gasteiger partial charge in [-0.25, -0.2) is 0 Å². The summed E-state index contributed by atoms with van der Waals surface area (Å²) in [6, 6.07) is 11.3.